The standard InChI is InChI=1S/C24H27N3O3S/c28-23(21-5-3-17-29-21)27-15-13-26(14-16-27)12-11-18-7-9-19(10-8-18)30-24-25-20-4-1-2-6-22(20)31-24/h1-2,4,6-10,21H,3,5,11-17H2/t21-/m1/s1. The summed E-state index contributed by atoms with van der Waals surface area (Å²) in [6.07, 6.45) is 2.66. The first-order valence-corrected chi connectivity index (χ1v) is 11.8. The van der Waals surface area contributed by atoms with E-state index in [4.69, 9.17) is 9.47 Å². The van der Waals surface area contributed by atoms with Crippen molar-refractivity contribution in [2.45, 2.75) is 25.4 Å². The highest BCUT2D eigenvalue weighted by atomic mass is 32.1. The molecule has 7 heteroatoms. The van der Waals surface area contributed by atoms with Crippen molar-refractivity contribution in [1.82, 2.24) is 14.8 Å². The third-order valence-corrected chi connectivity index (χ3v) is 6.92. The molecule has 2 fully saturated rings. The third-order valence-electron chi connectivity index (χ3n) is 6.01. The van der Waals surface area contributed by atoms with E-state index in [9.17, 15) is 4.79 Å². The number of carbonyl (C=O) groups excluding carboxylic acids is 1. The maximum absolute atomic E-state index is 12.5. The van der Waals surface area contributed by atoms with E-state index in [1.165, 1.54) is 5.56 Å². The normalized spacial score (nSPS) is 19.7. The number of ether oxygens (including phenoxy) is 2. The summed E-state index contributed by atoms with van der Waals surface area (Å²) in [5.41, 5.74) is 2.26. The van der Waals surface area contributed by atoms with Crippen molar-refractivity contribution in [1.29, 1.82) is 0 Å². The lowest BCUT2D eigenvalue weighted by Gasteiger charge is -2.35. The topological polar surface area (TPSA) is 54.9 Å². The Bertz CT molecular complexity index is 989. The van der Waals surface area contributed by atoms with Crippen molar-refractivity contribution in [2.75, 3.05) is 39.3 Å². The number of hydrogen-bond donors (Lipinski definition) is 0. The van der Waals surface area contributed by atoms with E-state index in [1.54, 1.807) is 11.3 Å². The Balaban J connectivity index is 1.08. The number of para-hydroxylation sites is 1. The molecular formula is C24H27N3O3S. The van der Waals surface area contributed by atoms with Crippen LogP contribution >= 0.6 is 11.3 Å². The third kappa shape index (κ3) is 4.89. The van der Waals surface area contributed by atoms with Gasteiger partial charge in [0.05, 0.1) is 10.2 Å². The number of aromatic nitrogens is 1. The molecule has 0 saturated carbocycles. The van der Waals surface area contributed by atoms with E-state index in [2.05, 4.69) is 28.1 Å². The van der Waals surface area contributed by atoms with Gasteiger partial charge in [0.25, 0.3) is 11.1 Å². The van der Waals surface area contributed by atoms with Crippen LogP contribution in [0.4, 0.5) is 0 Å². The summed E-state index contributed by atoms with van der Waals surface area (Å²) in [5.74, 6) is 0.991. The van der Waals surface area contributed by atoms with Crippen LogP contribution in [-0.4, -0.2) is 66.1 Å². The fourth-order valence-corrected chi connectivity index (χ4v) is 5.01. The molecule has 2 aromatic carbocycles. The van der Waals surface area contributed by atoms with Gasteiger partial charge in [-0.1, -0.05) is 35.6 Å². The minimum Gasteiger partial charge on any atom is -0.431 e. The summed E-state index contributed by atoms with van der Waals surface area (Å²) in [6, 6.07) is 16.3. The number of piperazine rings is 1. The molecule has 162 valence electrons. The monoisotopic (exact) mass is 437 g/mol. The highest BCUT2D eigenvalue weighted by Crippen LogP contribution is 2.31. The van der Waals surface area contributed by atoms with Crippen LogP contribution in [0.15, 0.2) is 48.5 Å². The summed E-state index contributed by atoms with van der Waals surface area (Å²) in [4.78, 5) is 21.4. The fraction of sp³-hybridized carbons (Fsp3) is 0.417. The molecule has 0 spiro atoms. The number of hydrogen-bond acceptors (Lipinski definition) is 6. The number of rotatable bonds is 6. The molecule has 1 aromatic heterocycles. The van der Waals surface area contributed by atoms with E-state index in [0.29, 0.717) is 5.19 Å². The van der Waals surface area contributed by atoms with Crippen LogP contribution in [0.2, 0.25) is 0 Å². The molecule has 2 aliphatic rings. The van der Waals surface area contributed by atoms with Crippen molar-refractivity contribution in [2.24, 2.45) is 0 Å². The van der Waals surface area contributed by atoms with E-state index < -0.39 is 0 Å². The molecule has 0 unspecified atom stereocenters. The van der Waals surface area contributed by atoms with Gasteiger partial charge in [-0.15, -0.1) is 0 Å². The molecule has 31 heavy (non-hydrogen) atoms. The van der Waals surface area contributed by atoms with Gasteiger partial charge in [0.1, 0.15) is 11.9 Å². The Labute approximate surface area is 186 Å². The van der Waals surface area contributed by atoms with Crippen LogP contribution in [0.3, 0.4) is 0 Å². The smallest absolute Gasteiger partial charge is 0.279 e. The van der Waals surface area contributed by atoms with Crippen molar-refractivity contribution in [3.63, 3.8) is 0 Å². The van der Waals surface area contributed by atoms with Crippen molar-refractivity contribution in [3.8, 4) is 10.9 Å². The van der Waals surface area contributed by atoms with Crippen LogP contribution in [0.5, 0.6) is 10.9 Å². The first-order valence-electron chi connectivity index (χ1n) is 11.0. The Morgan fingerprint density at radius 3 is 2.65 bits per heavy atom. The Morgan fingerprint density at radius 1 is 1.10 bits per heavy atom. The van der Waals surface area contributed by atoms with Gasteiger partial charge in [-0.05, 0) is 49.1 Å². The van der Waals surface area contributed by atoms with Crippen molar-refractivity contribution < 1.29 is 14.3 Å². The number of amides is 1. The van der Waals surface area contributed by atoms with Crippen LogP contribution in [0.25, 0.3) is 10.2 Å². The van der Waals surface area contributed by atoms with E-state index in [1.807, 2.05) is 35.2 Å². The van der Waals surface area contributed by atoms with E-state index in [-0.39, 0.29) is 12.0 Å². The molecule has 0 N–H and O–H groups in total. The molecule has 0 aliphatic carbocycles. The average Bonchev–Trinajstić information content (AvgIpc) is 3.48. The molecule has 5 rings (SSSR count). The minimum absolute atomic E-state index is 0.181. The summed E-state index contributed by atoms with van der Waals surface area (Å²) in [5, 5.41) is 0.671. The summed E-state index contributed by atoms with van der Waals surface area (Å²) >= 11 is 1.56. The predicted octanol–water partition coefficient (Wildman–Crippen LogP) is 3.95. The van der Waals surface area contributed by atoms with Crippen LogP contribution in [-0.2, 0) is 16.0 Å². The lowest BCUT2D eigenvalue weighted by Crippen LogP contribution is -2.51. The van der Waals surface area contributed by atoms with Gasteiger partial charge in [0.2, 0.25) is 0 Å². The number of nitrogens with zero attached hydrogens (tertiary/aromatic N) is 3. The molecule has 3 aromatic rings. The first kappa shape index (κ1) is 20.4. The SMILES string of the molecule is O=C([C@H]1CCCO1)N1CCN(CCc2ccc(Oc3nc4ccccc4s3)cc2)CC1. The van der Waals surface area contributed by atoms with Gasteiger partial charge >= 0.3 is 0 Å². The van der Waals surface area contributed by atoms with Gasteiger partial charge in [-0.3, -0.25) is 9.69 Å². The fourth-order valence-electron chi connectivity index (χ4n) is 4.17. The first-order chi connectivity index (χ1) is 15.2. The Kier molecular flexibility index (Phi) is 6.15. The average molecular weight is 438 g/mol. The number of benzene rings is 2. The molecule has 1 atom stereocenters. The van der Waals surface area contributed by atoms with Crippen molar-refractivity contribution in [3.05, 3.63) is 54.1 Å². The molecule has 0 radical (unpaired) electrons. The zero-order valence-corrected chi connectivity index (χ0v) is 18.4. The zero-order valence-electron chi connectivity index (χ0n) is 17.5. The molecule has 3 heterocycles. The van der Waals surface area contributed by atoms with Gasteiger partial charge < -0.3 is 14.4 Å². The largest absolute Gasteiger partial charge is 0.431 e. The molecule has 2 saturated heterocycles. The number of fused-ring (bicyclic) bond motifs is 1. The molecule has 1 amide bonds. The van der Waals surface area contributed by atoms with Gasteiger partial charge in [-0.2, -0.15) is 0 Å². The Morgan fingerprint density at radius 2 is 1.90 bits per heavy atom. The lowest BCUT2D eigenvalue weighted by molar-refractivity contribution is -0.142. The Hall–Kier alpha value is -2.48. The van der Waals surface area contributed by atoms with Gasteiger partial charge in [-0.25, -0.2) is 4.98 Å². The molecule has 2 aliphatic heterocycles. The molecular weight excluding hydrogens is 410 g/mol. The van der Waals surface area contributed by atoms with Gasteiger partial charge in [0, 0.05) is 39.3 Å². The zero-order chi connectivity index (χ0) is 21.0. The predicted molar refractivity (Wildman–Crippen MR) is 122 cm³/mol. The van der Waals surface area contributed by atoms with E-state index in [0.717, 1.165) is 74.6 Å². The summed E-state index contributed by atoms with van der Waals surface area (Å²) in [7, 11) is 0. The van der Waals surface area contributed by atoms with E-state index >= 15 is 0 Å². The molecule has 6 nitrogen and oxygen atoms in total. The summed E-state index contributed by atoms with van der Waals surface area (Å²) < 4.78 is 12.6. The minimum atomic E-state index is -0.199. The highest BCUT2D eigenvalue weighted by molar-refractivity contribution is 7.20. The second-order valence-electron chi connectivity index (χ2n) is 8.11. The van der Waals surface area contributed by atoms with Crippen LogP contribution in [0.1, 0.15) is 18.4 Å². The lowest BCUT2D eigenvalue weighted by atomic mass is 10.1. The quantitative estimate of drug-likeness (QED) is 0.584. The van der Waals surface area contributed by atoms with Crippen molar-refractivity contribution >= 4 is 27.5 Å². The number of thiazole rings is 1. The summed E-state index contributed by atoms with van der Waals surface area (Å²) in [6.45, 7) is 5.18. The number of carbonyl (C=O) groups is 1. The van der Waals surface area contributed by atoms with Crippen LogP contribution in [0, 0.1) is 0 Å². The van der Waals surface area contributed by atoms with Gasteiger partial charge in [0.15, 0.2) is 0 Å². The second kappa shape index (κ2) is 9.34. The maximum atomic E-state index is 12.5. The van der Waals surface area contributed by atoms with Crippen LogP contribution < -0.4 is 4.74 Å². The highest BCUT2D eigenvalue weighted by Gasteiger charge is 2.30. The maximum Gasteiger partial charge on any atom is 0.279 e. The molecule has 0 bridgehead atoms. The second-order valence-corrected chi connectivity index (χ2v) is 9.11.